The molecule has 3 aliphatic rings. The van der Waals surface area contributed by atoms with Crippen LogP contribution in [0.25, 0.3) is 0 Å². The lowest BCUT2D eigenvalue weighted by molar-refractivity contribution is -0.144. The van der Waals surface area contributed by atoms with Crippen molar-refractivity contribution in [3.05, 3.63) is 12.3 Å². The van der Waals surface area contributed by atoms with E-state index in [1.165, 1.54) is 11.8 Å². The monoisotopic (exact) mass is 255 g/mol. The van der Waals surface area contributed by atoms with Crippen LogP contribution in [0.1, 0.15) is 6.42 Å². The van der Waals surface area contributed by atoms with Gasteiger partial charge in [-0.1, -0.05) is 11.8 Å². The smallest absolute Gasteiger partial charge is 0.339 e. The van der Waals surface area contributed by atoms with E-state index in [0.717, 1.165) is 6.54 Å². The van der Waals surface area contributed by atoms with Gasteiger partial charge >= 0.3 is 5.97 Å². The first-order valence-corrected chi connectivity index (χ1v) is 6.39. The molecular formula is C10H13N3O3S. The molecule has 17 heavy (non-hydrogen) atoms. The third-order valence-corrected chi connectivity index (χ3v) is 4.96. The van der Waals surface area contributed by atoms with Gasteiger partial charge in [-0.15, -0.1) is 0 Å². The Morgan fingerprint density at radius 1 is 1.65 bits per heavy atom. The van der Waals surface area contributed by atoms with Crippen LogP contribution in [0, 0.1) is 0 Å². The summed E-state index contributed by atoms with van der Waals surface area (Å²) in [6, 6.07) is 0. The highest BCUT2D eigenvalue weighted by molar-refractivity contribution is 8.02. The lowest BCUT2D eigenvalue weighted by Gasteiger charge is -2.47. The summed E-state index contributed by atoms with van der Waals surface area (Å²) >= 11 is 1.34. The maximum atomic E-state index is 11.6. The van der Waals surface area contributed by atoms with Gasteiger partial charge in [0.1, 0.15) is 0 Å². The van der Waals surface area contributed by atoms with Gasteiger partial charge in [-0.2, -0.15) is 0 Å². The molecule has 2 saturated heterocycles. The van der Waals surface area contributed by atoms with Crippen LogP contribution in [-0.4, -0.2) is 56.8 Å². The van der Waals surface area contributed by atoms with Crippen LogP contribution >= 0.6 is 11.8 Å². The molecule has 3 heterocycles. The zero-order valence-electron chi connectivity index (χ0n) is 9.13. The van der Waals surface area contributed by atoms with Crippen molar-refractivity contribution in [3.8, 4) is 0 Å². The number of hydrogen-bond acceptors (Lipinski definition) is 5. The first-order chi connectivity index (χ1) is 8.13. The Kier molecular flexibility index (Phi) is 2.42. The summed E-state index contributed by atoms with van der Waals surface area (Å²) in [6.45, 7) is 2.09. The van der Waals surface area contributed by atoms with E-state index < -0.39 is 10.8 Å². The number of carbonyl (C=O) groups excluding carboxylic acids is 1. The van der Waals surface area contributed by atoms with E-state index in [4.69, 9.17) is 0 Å². The third kappa shape index (κ3) is 1.50. The lowest BCUT2D eigenvalue weighted by atomic mass is 10.1. The van der Waals surface area contributed by atoms with Gasteiger partial charge in [0.2, 0.25) is 5.91 Å². The van der Waals surface area contributed by atoms with Gasteiger partial charge in [0.15, 0.2) is 4.87 Å². The fraction of sp³-hybridized carbons (Fsp3) is 0.600. The largest absolute Gasteiger partial charge is 0.479 e. The molecule has 3 rings (SSSR count). The van der Waals surface area contributed by atoms with Gasteiger partial charge in [-0.3, -0.25) is 9.69 Å². The molecular weight excluding hydrogens is 242 g/mol. The molecule has 0 radical (unpaired) electrons. The normalized spacial score (nSPS) is 36.8. The molecule has 1 unspecified atom stereocenters. The Morgan fingerprint density at radius 2 is 2.47 bits per heavy atom. The summed E-state index contributed by atoms with van der Waals surface area (Å²) in [7, 11) is 0. The van der Waals surface area contributed by atoms with Crippen molar-refractivity contribution in [3.63, 3.8) is 0 Å². The number of fused-ring (bicyclic) bond motifs is 1. The Hall–Kier alpha value is -1.05. The second-order valence-electron chi connectivity index (χ2n) is 4.32. The molecule has 0 aromatic carbocycles. The van der Waals surface area contributed by atoms with Crippen LogP contribution in [0.15, 0.2) is 12.3 Å². The third-order valence-electron chi connectivity index (χ3n) is 3.36. The minimum Gasteiger partial charge on any atom is -0.479 e. The van der Waals surface area contributed by atoms with E-state index in [1.54, 1.807) is 17.2 Å². The van der Waals surface area contributed by atoms with Crippen molar-refractivity contribution in [2.45, 2.75) is 16.7 Å². The number of carboxylic acid groups (broad SMARTS) is 1. The number of thioether (sulfide) groups is 1. The van der Waals surface area contributed by atoms with Crippen LogP contribution in [0.4, 0.5) is 0 Å². The fourth-order valence-electron chi connectivity index (χ4n) is 2.33. The Morgan fingerprint density at radius 3 is 3.00 bits per heavy atom. The molecule has 92 valence electrons. The lowest BCUT2D eigenvalue weighted by Crippen LogP contribution is -2.59. The summed E-state index contributed by atoms with van der Waals surface area (Å²) < 4.78 is 0. The number of aliphatic carboxylic acids is 1. The molecule has 2 fully saturated rings. The van der Waals surface area contributed by atoms with E-state index in [2.05, 4.69) is 5.32 Å². The SMILES string of the molecule is O=C1C[C@H]2SC(C(=O)O)(N3CCNC3)C=CN12. The molecule has 6 nitrogen and oxygen atoms in total. The summed E-state index contributed by atoms with van der Waals surface area (Å²) in [5, 5.41) is 12.6. The maximum Gasteiger partial charge on any atom is 0.339 e. The van der Waals surface area contributed by atoms with E-state index in [1.807, 2.05) is 4.90 Å². The van der Waals surface area contributed by atoms with Crippen LogP contribution in [0.3, 0.4) is 0 Å². The Bertz CT molecular complexity index is 408. The van der Waals surface area contributed by atoms with Gasteiger partial charge in [-0.25, -0.2) is 4.79 Å². The molecule has 0 aliphatic carbocycles. The highest BCUT2D eigenvalue weighted by Crippen LogP contribution is 2.45. The van der Waals surface area contributed by atoms with Gasteiger partial charge < -0.3 is 15.3 Å². The average molecular weight is 255 g/mol. The van der Waals surface area contributed by atoms with E-state index in [0.29, 0.717) is 19.6 Å². The quantitative estimate of drug-likeness (QED) is 0.645. The van der Waals surface area contributed by atoms with Gasteiger partial charge in [0, 0.05) is 19.3 Å². The average Bonchev–Trinajstić information content (AvgIpc) is 2.80. The van der Waals surface area contributed by atoms with E-state index in [-0.39, 0.29) is 11.3 Å². The number of amides is 1. The zero-order valence-corrected chi connectivity index (χ0v) is 9.94. The molecule has 0 bridgehead atoms. The molecule has 0 spiro atoms. The summed E-state index contributed by atoms with van der Waals surface area (Å²) in [4.78, 5) is 25.3. The standard InChI is InChI=1S/C10H13N3O3S/c14-7-5-8-13(7)3-1-10(17-8,9(15)16)12-4-2-11-6-12/h1,3,8,11H,2,4-6H2,(H,15,16)/t8-,10?/m1/s1. The number of rotatable bonds is 2. The van der Waals surface area contributed by atoms with Crippen molar-refractivity contribution in [2.24, 2.45) is 0 Å². The second kappa shape index (κ2) is 3.72. The van der Waals surface area contributed by atoms with Gasteiger partial charge in [-0.05, 0) is 6.08 Å². The molecule has 2 atom stereocenters. The summed E-state index contributed by atoms with van der Waals surface area (Å²) in [6.07, 6.45) is 3.69. The zero-order chi connectivity index (χ0) is 12.0. The van der Waals surface area contributed by atoms with E-state index >= 15 is 0 Å². The molecule has 0 saturated carbocycles. The molecule has 0 aromatic heterocycles. The van der Waals surface area contributed by atoms with Crippen molar-refractivity contribution in [1.29, 1.82) is 0 Å². The number of β-lactam (4-membered cyclic amide) rings is 1. The van der Waals surface area contributed by atoms with Crippen molar-refractivity contribution < 1.29 is 14.7 Å². The van der Waals surface area contributed by atoms with Crippen molar-refractivity contribution in [1.82, 2.24) is 15.1 Å². The highest BCUT2D eigenvalue weighted by atomic mass is 32.2. The number of nitrogens with one attached hydrogen (secondary N) is 1. The fourth-order valence-corrected chi connectivity index (χ4v) is 3.82. The van der Waals surface area contributed by atoms with Crippen LogP contribution < -0.4 is 5.32 Å². The molecule has 0 aromatic rings. The summed E-state index contributed by atoms with van der Waals surface area (Å²) in [5.74, 6) is -0.793. The highest BCUT2D eigenvalue weighted by Gasteiger charge is 2.52. The first kappa shape index (κ1) is 11.1. The molecule has 1 amide bonds. The van der Waals surface area contributed by atoms with Gasteiger partial charge in [0.25, 0.3) is 0 Å². The number of carbonyl (C=O) groups is 2. The number of hydrogen-bond donors (Lipinski definition) is 2. The summed E-state index contributed by atoms with van der Waals surface area (Å²) in [5.41, 5.74) is 0. The predicted molar refractivity (Wildman–Crippen MR) is 61.9 cm³/mol. The second-order valence-corrected chi connectivity index (χ2v) is 5.72. The van der Waals surface area contributed by atoms with Crippen LogP contribution in [-0.2, 0) is 9.59 Å². The maximum absolute atomic E-state index is 11.6. The van der Waals surface area contributed by atoms with Crippen LogP contribution in [0.2, 0.25) is 0 Å². The van der Waals surface area contributed by atoms with Crippen molar-refractivity contribution in [2.75, 3.05) is 19.8 Å². The Balaban J connectivity index is 1.91. The predicted octanol–water partition coefficient (Wildman–Crippen LogP) is -0.551. The number of nitrogens with zero attached hydrogens (tertiary/aromatic N) is 2. The van der Waals surface area contributed by atoms with Gasteiger partial charge in [0.05, 0.1) is 18.5 Å². The van der Waals surface area contributed by atoms with Crippen molar-refractivity contribution >= 4 is 23.6 Å². The minimum atomic E-state index is -1.02. The molecule has 2 N–H and O–H groups in total. The molecule has 7 heteroatoms. The van der Waals surface area contributed by atoms with Crippen LogP contribution in [0.5, 0.6) is 0 Å². The Labute approximate surface area is 103 Å². The first-order valence-electron chi connectivity index (χ1n) is 5.51. The molecule has 3 aliphatic heterocycles. The van der Waals surface area contributed by atoms with E-state index in [9.17, 15) is 14.7 Å². The number of carboxylic acids is 1. The minimum absolute atomic E-state index is 0.0239. The topological polar surface area (TPSA) is 72.9 Å².